The Morgan fingerprint density at radius 2 is 1.80 bits per heavy atom. The minimum absolute atomic E-state index is 0.0618. The summed E-state index contributed by atoms with van der Waals surface area (Å²) in [7, 11) is 0. The van der Waals surface area contributed by atoms with Crippen molar-refractivity contribution in [3.63, 3.8) is 0 Å². The van der Waals surface area contributed by atoms with Crippen molar-refractivity contribution in [3.8, 4) is 0 Å². The van der Waals surface area contributed by atoms with E-state index in [1.807, 2.05) is 6.92 Å². The Balaban J connectivity index is 2.40. The van der Waals surface area contributed by atoms with Crippen LogP contribution in [0.4, 0.5) is 24.8 Å². The molecule has 0 atom stereocenters. The number of hydrogen-bond acceptors (Lipinski definition) is 5. The second kappa shape index (κ2) is 8.25. The van der Waals surface area contributed by atoms with Gasteiger partial charge in [0.05, 0.1) is 6.61 Å². The molecule has 0 amide bonds. The lowest BCUT2D eigenvalue weighted by Gasteiger charge is -2.12. The minimum Gasteiger partial charge on any atom is -0.370 e. The van der Waals surface area contributed by atoms with E-state index in [0.717, 1.165) is 13.0 Å². The molecule has 114 valence electrons. The van der Waals surface area contributed by atoms with E-state index in [2.05, 4.69) is 41.3 Å². The smallest absolute Gasteiger partial charge is 0.370 e. The SMILES string of the molecule is CCCNc1ncnc(NCCOCC(F)(F)F)c1Br. The van der Waals surface area contributed by atoms with Crippen LogP contribution in [0.1, 0.15) is 13.3 Å². The highest BCUT2D eigenvalue weighted by atomic mass is 79.9. The number of rotatable bonds is 8. The van der Waals surface area contributed by atoms with Gasteiger partial charge in [0.25, 0.3) is 0 Å². The van der Waals surface area contributed by atoms with Gasteiger partial charge in [-0.3, -0.25) is 0 Å². The van der Waals surface area contributed by atoms with E-state index in [1.54, 1.807) is 0 Å². The Morgan fingerprint density at radius 3 is 2.35 bits per heavy atom. The lowest BCUT2D eigenvalue weighted by Crippen LogP contribution is -2.20. The van der Waals surface area contributed by atoms with Gasteiger partial charge in [0.2, 0.25) is 0 Å². The summed E-state index contributed by atoms with van der Waals surface area (Å²) in [4.78, 5) is 8.07. The average molecular weight is 357 g/mol. The highest BCUT2D eigenvalue weighted by Gasteiger charge is 2.27. The van der Waals surface area contributed by atoms with Crippen LogP contribution in [0.15, 0.2) is 10.8 Å². The molecule has 0 aliphatic heterocycles. The van der Waals surface area contributed by atoms with Crippen LogP contribution in [0.25, 0.3) is 0 Å². The first-order chi connectivity index (χ1) is 9.44. The third kappa shape index (κ3) is 6.38. The molecule has 0 bridgehead atoms. The molecule has 0 unspecified atom stereocenters. The molecule has 1 heterocycles. The lowest BCUT2D eigenvalue weighted by molar-refractivity contribution is -0.172. The first-order valence-electron chi connectivity index (χ1n) is 6.06. The van der Waals surface area contributed by atoms with Crippen molar-refractivity contribution in [1.82, 2.24) is 9.97 Å². The maximum Gasteiger partial charge on any atom is 0.411 e. The molecule has 9 heteroatoms. The monoisotopic (exact) mass is 356 g/mol. The molecule has 5 nitrogen and oxygen atoms in total. The normalized spacial score (nSPS) is 11.4. The second-order valence-electron chi connectivity index (χ2n) is 3.91. The average Bonchev–Trinajstić information content (AvgIpc) is 2.37. The summed E-state index contributed by atoms with van der Waals surface area (Å²) >= 11 is 3.34. The van der Waals surface area contributed by atoms with Crippen LogP contribution in [0.5, 0.6) is 0 Å². The van der Waals surface area contributed by atoms with E-state index in [1.165, 1.54) is 6.33 Å². The van der Waals surface area contributed by atoms with Gasteiger partial charge in [0.1, 0.15) is 29.0 Å². The van der Waals surface area contributed by atoms with Gasteiger partial charge < -0.3 is 15.4 Å². The van der Waals surface area contributed by atoms with E-state index in [9.17, 15) is 13.2 Å². The van der Waals surface area contributed by atoms with Crippen LogP contribution in [0.2, 0.25) is 0 Å². The number of anilines is 2. The molecule has 20 heavy (non-hydrogen) atoms. The zero-order chi connectivity index (χ0) is 15.0. The van der Waals surface area contributed by atoms with Crippen molar-refractivity contribution in [2.45, 2.75) is 19.5 Å². The molecule has 0 saturated heterocycles. The van der Waals surface area contributed by atoms with E-state index < -0.39 is 12.8 Å². The van der Waals surface area contributed by atoms with Crippen LogP contribution in [0.3, 0.4) is 0 Å². The van der Waals surface area contributed by atoms with Crippen molar-refractivity contribution in [2.75, 3.05) is 36.9 Å². The molecule has 0 fully saturated rings. The first-order valence-corrected chi connectivity index (χ1v) is 6.86. The van der Waals surface area contributed by atoms with Crippen molar-refractivity contribution in [1.29, 1.82) is 0 Å². The summed E-state index contributed by atoms with van der Waals surface area (Å²) in [5.41, 5.74) is 0. The van der Waals surface area contributed by atoms with Crippen LogP contribution < -0.4 is 10.6 Å². The fraction of sp³-hybridized carbons (Fsp3) is 0.636. The quantitative estimate of drug-likeness (QED) is 0.701. The number of hydrogen-bond donors (Lipinski definition) is 2. The molecule has 0 aromatic carbocycles. The predicted octanol–water partition coefficient (Wildman–Crippen LogP) is 3.05. The molecular formula is C11H16BrF3N4O. The third-order valence-electron chi connectivity index (χ3n) is 2.14. The zero-order valence-electron chi connectivity index (χ0n) is 10.9. The lowest BCUT2D eigenvalue weighted by atomic mass is 10.4. The maximum atomic E-state index is 11.9. The molecule has 0 spiro atoms. The van der Waals surface area contributed by atoms with E-state index in [-0.39, 0.29) is 13.2 Å². The summed E-state index contributed by atoms with van der Waals surface area (Å²) in [6, 6.07) is 0. The van der Waals surface area contributed by atoms with Gasteiger partial charge in [-0.2, -0.15) is 13.2 Å². The molecular weight excluding hydrogens is 341 g/mol. The Labute approximate surface area is 123 Å². The van der Waals surface area contributed by atoms with Gasteiger partial charge in [0.15, 0.2) is 0 Å². The molecule has 1 aromatic rings. The predicted molar refractivity (Wildman–Crippen MR) is 73.9 cm³/mol. The number of nitrogens with zero attached hydrogens (tertiary/aromatic N) is 2. The number of aromatic nitrogens is 2. The number of nitrogens with one attached hydrogen (secondary N) is 2. The largest absolute Gasteiger partial charge is 0.411 e. The summed E-state index contributed by atoms with van der Waals surface area (Å²) in [5, 5.41) is 5.99. The van der Waals surface area contributed by atoms with E-state index in [0.29, 0.717) is 16.1 Å². The molecule has 0 aliphatic carbocycles. The van der Waals surface area contributed by atoms with Crippen molar-refractivity contribution in [2.24, 2.45) is 0 Å². The van der Waals surface area contributed by atoms with Gasteiger partial charge in [0, 0.05) is 13.1 Å². The van der Waals surface area contributed by atoms with Gasteiger partial charge in [-0.15, -0.1) is 0 Å². The number of ether oxygens (including phenoxy) is 1. The summed E-state index contributed by atoms with van der Waals surface area (Å²) in [6.45, 7) is 1.71. The fourth-order valence-corrected chi connectivity index (χ4v) is 1.77. The van der Waals surface area contributed by atoms with Crippen LogP contribution in [-0.2, 0) is 4.74 Å². The Hall–Kier alpha value is -1.09. The fourth-order valence-electron chi connectivity index (χ4n) is 1.29. The van der Waals surface area contributed by atoms with Crippen molar-refractivity contribution < 1.29 is 17.9 Å². The van der Waals surface area contributed by atoms with Gasteiger partial charge in [-0.05, 0) is 22.4 Å². The minimum atomic E-state index is -4.30. The summed E-state index contributed by atoms with van der Waals surface area (Å²) < 4.78 is 40.7. The Morgan fingerprint density at radius 1 is 1.20 bits per heavy atom. The summed E-state index contributed by atoms with van der Waals surface area (Å²) in [5.74, 6) is 1.15. The van der Waals surface area contributed by atoms with Crippen LogP contribution in [0, 0.1) is 0 Å². The second-order valence-corrected chi connectivity index (χ2v) is 4.70. The van der Waals surface area contributed by atoms with Crippen molar-refractivity contribution in [3.05, 3.63) is 10.8 Å². The third-order valence-corrected chi connectivity index (χ3v) is 2.89. The molecule has 0 radical (unpaired) electrons. The standard InChI is InChI=1S/C11H16BrF3N4O/c1-2-3-16-9-8(12)10(19-7-18-9)17-4-5-20-6-11(13,14)15/h7H,2-6H2,1H3,(H2,16,17,18,19). The number of alkyl halides is 3. The molecule has 1 aromatic heterocycles. The van der Waals surface area contributed by atoms with Gasteiger partial charge in [-0.1, -0.05) is 6.92 Å². The van der Waals surface area contributed by atoms with Crippen LogP contribution in [-0.4, -0.2) is 42.4 Å². The molecule has 0 saturated carbocycles. The maximum absolute atomic E-state index is 11.9. The summed E-state index contributed by atoms with van der Waals surface area (Å²) in [6.07, 6.45) is -1.97. The van der Waals surface area contributed by atoms with Crippen molar-refractivity contribution >= 4 is 27.6 Å². The zero-order valence-corrected chi connectivity index (χ0v) is 12.5. The Bertz CT molecular complexity index is 417. The Kier molecular flexibility index (Phi) is 7.00. The van der Waals surface area contributed by atoms with Gasteiger partial charge in [-0.25, -0.2) is 9.97 Å². The first kappa shape index (κ1) is 17.0. The van der Waals surface area contributed by atoms with Crippen LogP contribution >= 0.6 is 15.9 Å². The highest BCUT2D eigenvalue weighted by Crippen LogP contribution is 2.26. The highest BCUT2D eigenvalue weighted by molar-refractivity contribution is 9.10. The number of halogens is 4. The van der Waals surface area contributed by atoms with E-state index >= 15 is 0 Å². The van der Waals surface area contributed by atoms with E-state index in [4.69, 9.17) is 0 Å². The topological polar surface area (TPSA) is 59.1 Å². The molecule has 0 aliphatic rings. The molecule has 1 rings (SSSR count). The molecule has 2 N–H and O–H groups in total. The van der Waals surface area contributed by atoms with Gasteiger partial charge >= 0.3 is 6.18 Å².